The van der Waals surface area contributed by atoms with E-state index in [1.807, 2.05) is 4.90 Å². The van der Waals surface area contributed by atoms with E-state index in [1.165, 1.54) is 0 Å². The summed E-state index contributed by atoms with van der Waals surface area (Å²) in [5, 5.41) is 10.0. The molecule has 0 aromatic rings. The van der Waals surface area contributed by atoms with Crippen LogP contribution in [0.5, 0.6) is 0 Å². The van der Waals surface area contributed by atoms with Crippen LogP contribution in [0.1, 0.15) is 39.0 Å². The second kappa shape index (κ2) is 7.18. The van der Waals surface area contributed by atoms with Crippen molar-refractivity contribution in [3.63, 3.8) is 0 Å². The van der Waals surface area contributed by atoms with Crippen molar-refractivity contribution < 1.29 is 14.7 Å². The monoisotopic (exact) mass is 323 g/mol. The first kappa shape index (κ1) is 16.7. The fourth-order valence-corrected chi connectivity index (χ4v) is 4.34. The summed E-state index contributed by atoms with van der Waals surface area (Å²) in [4.78, 5) is 30.4. The molecule has 0 aromatic heterocycles. The molecule has 1 aliphatic carbocycles. The zero-order valence-electron chi connectivity index (χ0n) is 14.1. The lowest BCUT2D eigenvalue weighted by Gasteiger charge is -2.41. The molecule has 6 nitrogen and oxygen atoms in total. The predicted molar refractivity (Wildman–Crippen MR) is 86.8 cm³/mol. The van der Waals surface area contributed by atoms with Crippen molar-refractivity contribution in [1.29, 1.82) is 0 Å². The second-order valence-corrected chi connectivity index (χ2v) is 7.23. The summed E-state index contributed by atoms with van der Waals surface area (Å²) in [7, 11) is 0. The van der Waals surface area contributed by atoms with Gasteiger partial charge in [-0.25, -0.2) is 0 Å². The molecule has 0 bridgehead atoms. The SMILES string of the molecule is CC(=O)N1CCC[C@H](C(=O)N2CCN([C@@H]3CCC[C@@H]3O)CC2)C1. The van der Waals surface area contributed by atoms with Gasteiger partial charge in [-0.2, -0.15) is 0 Å². The predicted octanol–water partition coefficient (Wildman–Crippen LogP) is 0.303. The minimum Gasteiger partial charge on any atom is -0.391 e. The van der Waals surface area contributed by atoms with Crippen LogP contribution in [0.4, 0.5) is 0 Å². The lowest BCUT2D eigenvalue weighted by Crippen LogP contribution is -2.55. The van der Waals surface area contributed by atoms with Crippen LogP contribution in [0.2, 0.25) is 0 Å². The van der Waals surface area contributed by atoms with Crippen molar-refractivity contribution in [3.05, 3.63) is 0 Å². The Labute approximate surface area is 138 Å². The molecule has 0 aromatic carbocycles. The van der Waals surface area contributed by atoms with Crippen molar-refractivity contribution in [2.45, 2.75) is 51.2 Å². The van der Waals surface area contributed by atoms with E-state index in [-0.39, 0.29) is 29.9 Å². The molecule has 6 heteroatoms. The quantitative estimate of drug-likeness (QED) is 0.794. The maximum absolute atomic E-state index is 12.7. The van der Waals surface area contributed by atoms with Gasteiger partial charge >= 0.3 is 0 Å². The molecule has 2 saturated heterocycles. The summed E-state index contributed by atoms with van der Waals surface area (Å²) in [6.07, 6.45) is 4.71. The standard InChI is InChI=1S/C17H29N3O3/c1-13(21)20-7-3-4-14(12-20)17(23)19-10-8-18(9-11-19)15-5-2-6-16(15)22/h14-16,22H,2-12H2,1H3/t14-,15+,16-/m0/s1. The van der Waals surface area contributed by atoms with E-state index in [1.54, 1.807) is 11.8 Å². The molecule has 23 heavy (non-hydrogen) atoms. The summed E-state index contributed by atoms with van der Waals surface area (Å²) in [6.45, 7) is 6.16. The summed E-state index contributed by atoms with van der Waals surface area (Å²) in [6, 6.07) is 0.287. The van der Waals surface area contributed by atoms with Gasteiger partial charge in [-0.3, -0.25) is 14.5 Å². The van der Waals surface area contributed by atoms with Crippen LogP contribution in [-0.2, 0) is 9.59 Å². The Hall–Kier alpha value is -1.14. The van der Waals surface area contributed by atoms with Gasteiger partial charge in [0.1, 0.15) is 0 Å². The molecule has 2 heterocycles. The molecule has 3 atom stereocenters. The van der Waals surface area contributed by atoms with Crippen LogP contribution < -0.4 is 0 Å². The number of hydrogen-bond donors (Lipinski definition) is 1. The van der Waals surface area contributed by atoms with E-state index in [2.05, 4.69) is 4.90 Å². The Kier molecular flexibility index (Phi) is 5.21. The highest BCUT2D eigenvalue weighted by molar-refractivity contribution is 5.81. The summed E-state index contributed by atoms with van der Waals surface area (Å²) in [5.74, 6) is 0.251. The lowest BCUT2D eigenvalue weighted by atomic mass is 9.96. The molecule has 3 fully saturated rings. The summed E-state index contributed by atoms with van der Waals surface area (Å²) in [5.41, 5.74) is 0. The molecule has 0 spiro atoms. The molecule has 0 unspecified atom stereocenters. The van der Waals surface area contributed by atoms with E-state index in [0.717, 1.165) is 64.8 Å². The first-order valence-corrected chi connectivity index (χ1v) is 9.02. The lowest BCUT2D eigenvalue weighted by molar-refractivity contribution is -0.142. The Morgan fingerprint density at radius 2 is 1.65 bits per heavy atom. The number of carbonyl (C=O) groups is 2. The average Bonchev–Trinajstić information content (AvgIpc) is 3.00. The fourth-order valence-electron chi connectivity index (χ4n) is 4.34. The number of hydrogen-bond acceptors (Lipinski definition) is 4. The van der Waals surface area contributed by atoms with Crippen molar-refractivity contribution >= 4 is 11.8 Å². The maximum atomic E-state index is 12.7. The van der Waals surface area contributed by atoms with E-state index in [4.69, 9.17) is 0 Å². The van der Waals surface area contributed by atoms with Gasteiger partial charge < -0.3 is 14.9 Å². The van der Waals surface area contributed by atoms with Gasteiger partial charge in [0.05, 0.1) is 12.0 Å². The summed E-state index contributed by atoms with van der Waals surface area (Å²) < 4.78 is 0. The van der Waals surface area contributed by atoms with Gasteiger partial charge in [0.15, 0.2) is 0 Å². The highest BCUT2D eigenvalue weighted by Gasteiger charge is 2.35. The molecule has 1 N–H and O–H groups in total. The number of amides is 2. The number of piperazine rings is 1. The third kappa shape index (κ3) is 3.69. The highest BCUT2D eigenvalue weighted by atomic mass is 16.3. The molecule has 2 amide bonds. The van der Waals surface area contributed by atoms with Crippen molar-refractivity contribution in [3.8, 4) is 0 Å². The topological polar surface area (TPSA) is 64.1 Å². The van der Waals surface area contributed by atoms with Crippen molar-refractivity contribution in [1.82, 2.24) is 14.7 Å². The highest BCUT2D eigenvalue weighted by Crippen LogP contribution is 2.26. The number of aliphatic hydroxyl groups excluding tert-OH is 1. The van der Waals surface area contributed by atoms with Crippen molar-refractivity contribution in [2.75, 3.05) is 39.3 Å². The Morgan fingerprint density at radius 1 is 0.913 bits per heavy atom. The van der Waals surface area contributed by atoms with Crippen molar-refractivity contribution in [2.24, 2.45) is 5.92 Å². The molecule has 130 valence electrons. The van der Waals surface area contributed by atoms with Crippen LogP contribution in [0.3, 0.4) is 0 Å². The first-order valence-electron chi connectivity index (χ1n) is 9.02. The smallest absolute Gasteiger partial charge is 0.227 e. The van der Waals surface area contributed by atoms with Gasteiger partial charge in [0.2, 0.25) is 11.8 Å². The molecular weight excluding hydrogens is 294 g/mol. The third-order valence-electron chi connectivity index (χ3n) is 5.75. The second-order valence-electron chi connectivity index (χ2n) is 7.23. The Morgan fingerprint density at radius 3 is 2.26 bits per heavy atom. The number of nitrogens with zero attached hydrogens (tertiary/aromatic N) is 3. The molecule has 3 rings (SSSR count). The van der Waals surface area contributed by atoms with Gasteiger partial charge in [-0.1, -0.05) is 0 Å². The molecule has 1 saturated carbocycles. The Bertz CT molecular complexity index is 448. The normalized spacial score (nSPS) is 33.0. The third-order valence-corrected chi connectivity index (χ3v) is 5.75. The van der Waals surface area contributed by atoms with Crippen LogP contribution in [0.15, 0.2) is 0 Å². The zero-order valence-corrected chi connectivity index (χ0v) is 14.1. The number of aliphatic hydroxyl groups is 1. The van der Waals surface area contributed by atoms with E-state index >= 15 is 0 Å². The van der Waals surface area contributed by atoms with Crippen LogP contribution in [0, 0.1) is 5.92 Å². The Balaban J connectivity index is 1.51. The zero-order chi connectivity index (χ0) is 16.4. The molecule has 0 radical (unpaired) electrons. The first-order chi connectivity index (χ1) is 11.1. The average molecular weight is 323 g/mol. The fraction of sp³-hybridized carbons (Fsp3) is 0.882. The number of rotatable bonds is 2. The van der Waals surface area contributed by atoms with Crippen LogP contribution in [0.25, 0.3) is 0 Å². The number of likely N-dealkylation sites (tertiary alicyclic amines) is 1. The minimum absolute atomic E-state index is 0.0312. The maximum Gasteiger partial charge on any atom is 0.227 e. The van der Waals surface area contributed by atoms with Crippen LogP contribution >= 0.6 is 0 Å². The number of carbonyl (C=O) groups excluding carboxylic acids is 2. The molecule has 3 aliphatic rings. The van der Waals surface area contributed by atoms with E-state index in [9.17, 15) is 14.7 Å². The summed E-state index contributed by atoms with van der Waals surface area (Å²) >= 11 is 0. The van der Waals surface area contributed by atoms with Gasteiger partial charge in [-0.15, -0.1) is 0 Å². The van der Waals surface area contributed by atoms with E-state index < -0.39 is 0 Å². The van der Waals surface area contributed by atoms with E-state index in [0.29, 0.717) is 6.54 Å². The van der Waals surface area contributed by atoms with Gasteiger partial charge in [0.25, 0.3) is 0 Å². The largest absolute Gasteiger partial charge is 0.391 e. The van der Waals surface area contributed by atoms with Crippen LogP contribution in [-0.4, -0.2) is 83.0 Å². The minimum atomic E-state index is -0.195. The molecular formula is C17H29N3O3. The number of piperidine rings is 1. The molecule has 2 aliphatic heterocycles. The van der Waals surface area contributed by atoms with Gasteiger partial charge in [-0.05, 0) is 32.1 Å². The van der Waals surface area contributed by atoms with Gasteiger partial charge in [0, 0.05) is 52.2 Å².